The zero-order valence-corrected chi connectivity index (χ0v) is 19.5. The zero-order valence-electron chi connectivity index (χ0n) is 18.7. The van der Waals surface area contributed by atoms with Crippen molar-refractivity contribution in [2.75, 3.05) is 19.7 Å². The van der Waals surface area contributed by atoms with Gasteiger partial charge in [-0.3, -0.25) is 4.99 Å². The standard InChI is InChI=1S/C22H30N6O2S/c1-6-23-22(24-11-10-17-13-28-12-8-9-14(3)19(28)27-17)26-16(5)20-25-15(4)18(31-20)21(29)30-7-2/h8-9,12-13,16H,6-7,10-11H2,1-5H3,(H2,23,24,26). The Labute approximate surface area is 186 Å². The van der Waals surface area contributed by atoms with E-state index >= 15 is 0 Å². The summed E-state index contributed by atoms with van der Waals surface area (Å²) in [4.78, 5) is 26.6. The topological polar surface area (TPSA) is 92.9 Å². The third-order valence-corrected chi connectivity index (χ3v) is 6.03. The van der Waals surface area contributed by atoms with Crippen molar-refractivity contribution in [2.45, 2.75) is 47.1 Å². The van der Waals surface area contributed by atoms with Gasteiger partial charge in [-0.2, -0.15) is 0 Å². The molecule has 8 nitrogen and oxygen atoms in total. The highest BCUT2D eigenvalue weighted by Crippen LogP contribution is 2.24. The minimum atomic E-state index is -0.320. The Kier molecular flexibility index (Phi) is 7.62. The minimum Gasteiger partial charge on any atom is -0.462 e. The molecular weight excluding hydrogens is 412 g/mol. The summed E-state index contributed by atoms with van der Waals surface area (Å²) in [7, 11) is 0. The Bertz CT molecular complexity index is 1070. The summed E-state index contributed by atoms with van der Waals surface area (Å²) in [5, 5.41) is 7.47. The second kappa shape index (κ2) is 10.4. The maximum atomic E-state index is 12.1. The van der Waals surface area contributed by atoms with Crippen LogP contribution in [0.5, 0.6) is 0 Å². The monoisotopic (exact) mass is 442 g/mol. The van der Waals surface area contributed by atoms with Crippen LogP contribution in [0, 0.1) is 13.8 Å². The van der Waals surface area contributed by atoms with Crippen LogP contribution in [-0.2, 0) is 11.2 Å². The molecule has 3 aromatic heterocycles. The lowest BCUT2D eigenvalue weighted by molar-refractivity contribution is 0.0531. The highest BCUT2D eigenvalue weighted by molar-refractivity contribution is 7.13. The Morgan fingerprint density at radius 1 is 1.32 bits per heavy atom. The van der Waals surface area contributed by atoms with Crippen molar-refractivity contribution in [3.63, 3.8) is 0 Å². The number of thiazole rings is 1. The Morgan fingerprint density at radius 2 is 2.13 bits per heavy atom. The molecule has 166 valence electrons. The second-order valence-corrected chi connectivity index (χ2v) is 8.25. The molecule has 0 aliphatic carbocycles. The molecule has 1 atom stereocenters. The maximum absolute atomic E-state index is 12.1. The van der Waals surface area contributed by atoms with Crippen molar-refractivity contribution in [1.82, 2.24) is 25.0 Å². The van der Waals surface area contributed by atoms with E-state index in [0.29, 0.717) is 29.7 Å². The van der Waals surface area contributed by atoms with E-state index in [-0.39, 0.29) is 12.0 Å². The fraction of sp³-hybridized carbons (Fsp3) is 0.455. The van der Waals surface area contributed by atoms with Crippen molar-refractivity contribution in [3.05, 3.63) is 51.4 Å². The summed E-state index contributed by atoms with van der Waals surface area (Å²) in [6.45, 7) is 11.4. The number of esters is 1. The molecule has 0 aromatic carbocycles. The predicted molar refractivity (Wildman–Crippen MR) is 124 cm³/mol. The lowest BCUT2D eigenvalue weighted by Gasteiger charge is -2.15. The number of aromatic nitrogens is 3. The first kappa shape index (κ1) is 22.7. The lowest BCUT2D eigenvalue weighted by Crippen LogP contribution is -2.38. The fourth-order valence-electron chi connectivity index (χ4n) is 3.18. The van der Waals surface area contributed by atoms with Gasteiger partial charge in [0.05, 0.1) is 24.0 Å². The summed E-state index contributed by atoms with van der Waals surface area (Å²) in [6, 6.07) is 3.99. The van der Waals surface area contributed by atoms with Crippen molar-refractivity contribution < 1.29 is 9.53 Å². The fourth-order valence-corrected chi connectivity index (χ4v) is 4.15. The molecular formula is C22H30N6O2S. The van der Waals surface area contributed by atoms with Crippen LogP contribution in [0.15, 0.2) is 29.5 Å². The van der Waals surface area contributed by atoms with E-state index in [2.05, 4.69) is 34.8 Å². The van der Waals surface area contributed by atoms with Gasteiger partial charge in [0.1, 0.15) is 15.5 Å². The van der Waals surface area contributed by atoms with Gasteiger partial charge in [-0.1, -0.05) is 6.07 Å². The number of hydrogen-bond donors (Lipinski definition) is 2. The summed E-state index contributed by atoms with van der Waals surface area (Å²) >= 11 is 1.36. The van der Waals surface area contributed by atoms with Crippen LogP contribution in [0.4, 0.5) is 0 Å². The molecule has 3 heterocycles. The molecule has 3 rings (SSSR count). The van der Waals surface area contributed by atoms with E-state index in [1.807, 2.05) is 37.4 Å². The summed E-state index contributed by atoms with van der Waals surface area (Å²) < 4.78 is 7.16. The molecule has 0 fully saturated rings. The Balaban J connectivity index is 1.65. The molecule has 0 amide bonds. The summed E-state index contributed by atoms with van der Waals surface area (Å²) in [6.07, 6.45) is 4.81. The smallest absolute Gasteiger partial charge is 0.350 e. The number of aliphatic imine (C=N–C) groups is 1. The quantitative estimate of drug-likeness (QED) is 0.315. The third-order valence-electron chi connectivity index (χ3n) is 4.71. The van der Waals surface area contributed by atoms with Crippen LogP contribution < -0.4 is 10.6 Å². The van der Waals surface area contributed by atoms with Crippen molar-refractivity contribution in [2.24, 2.45) is 4.99 Å². The number of ether oxygens (including phenoxy) is 1. The molecule has 0 bridgehead atoms. The van der Waals surface area contributed by atoms with Crippen LogP contribution in [0.3, 0.4) is 0 Å². The molecule has 9 heteroatoms. The number of pyridine rings is 1. The normalized spacial score (nSPS) is 12.7. The number of nitrogens with zero attached hydrogens (tertiary/aromatic N) is 4. The van der Waals surface area contributed by atoms with Crippen LogP contribution in [0.1, 0.15) is 58.4 Å². The highest BCUT2D eigenvalue weighted by atomic mass is 32.1. The molecule has 0 aliphatic heterocycles. The van der Waals surface area contributed by atoms with Gasteiger partial charge in [-0.05, 0) is 46.2 Å². The summed E-state index contributed by atoms with van der Waals surface area (Å²) in [5.41, 5.74) is 3.84. The van der Waals surface area contributed by atoms with Gasteiger partial charge in [0.2, 0.25) is 0 Å². The largest absolute Gasteiger partial charge is 0.462 e. The Morgan fingerprint density at radius 3 is 2.84 bits per heavy atom. The number of aryl methyl sites for hydroxylation is 2. The van der Waals surface area contributed by atoms with E-state index in [0.717, 1.165) is 34.9 Å². The first-order chi connectivity index (χ1) is 14.9. The average molecular weight is 443 g/mol. The van der Waals surface area contributed by atoms with Crippen LogP contribution in [-0.4, -0.2) is 46.0 Å². The van der Waals surface area contributed by atoms with Crippen LogP contribution in [0.25, 0.3) is 5.65 Å². The van der Waals surface area contributed by atoms with Crippen LogP contribution in [0.2, 0.25) is 0 Å². The number of imidazole rings is 1. The molecule has 0 spiro atoms. The van der Waals surface area contributed by atoms with Crippen molar-refractivity contribution >= 4 is 28.9 Å². The predicted octanol–water partition coefficient (Wildman–Crippen LogP) is 3.44. The van der Waals surface area contributed by atoms with Gasteiger partial charge in [0.25, 0.3) is 0 Å². The zero-order chi connectivity index (χ0) is 22.4. The minimum absolute atomic E-state index is 0.0949. The number of carbonyl (C=O) groups is 1. The van der Waals surface area contributed by atoms with E-state index in [4.69, 9.17) is 14.7 Å². The number of rotatable bonds is 8. The van der Waals surface area contributed by atoms with Gasteiger partial charge in [0, 0.05) is 31.9 Å². The number of fused-ring (bicyclic) bond motifs is 1. The van der Waals surface area contributed by atoms with E-state index in [1.165, 1.54) is 11.3 Å². The average Bonchev–Trinajstić information content (AvgIpc) is 3.32. The van der Waals surface area contributed by atoms with Gasteiger partial charge >= 0.3 is 5.97 Å². The molecule has 0 saturated carbocycles. The lowest BCUT2D eigenvalue weighted by atomic mass is 10.3. The van der Waals surface area contributed by atoms with Gasteiger partial charge in [-0.15, -0.1) is 11.3 Å². The van der Waals surface area contributed by atoms with Crippen LogP contribution >= 0.6 is 11.3 Å². The van der Waals surface area contributed by atoms with Gasteiger partial charge in [0.15, 0.2) is 5.96 Å². The molecule has 0 aliphatic rings. The SMILES string of the molecule is CCNC(=NCCc1cn2cccc(C)c2n1)NC(C)c1nc(C)c(C(=O)OCC)s1. The van der Waals surface area contributed by atoms with Gasteiger partial charge < -0.3 is 19.8 Å². The van der Waals surface area contributed by atoms with Crippen molar-refractivity contribution in [1.29, 1.82) is 0 Å². The van der Waals surface area contributed by atoms with Gasteiger partial charge in [-0.25, -0.2) is 14.8 Å². The maximum Gasteiger partial charge on any atom is 0.350 e. The van der Waals surface area contributed by atoms with E-state index in [1.54, 1.807) is 6.92 Å². The molecule has 1 unspecified atom stereocenters. The third kappa shape index (κ3) is 5.61. The highest BCUT2D eigenvalue weighted by Gasteiger charge is 2.20. The van der Waals surface area contributed by atoms with Crippen molar-refractivity contribution in [3.8, 4) is 0 Å². The molecule has 31 heavy (non-hydrogen) atoms. The first-order valence-electron chi connectivity index (χ1n) is 10.5. The molecule has 0 saturated heterocycles. The number of carbonyl (C=O) groups excluding carboxylic acids is 1. The van der Waals surface area contributed by atoms with E-state index in [9.17, 15) is 4.79 Å². The Hall–Kier alpha value is -2.94. The first-order valence-corrected chi connectivity index (χ1v) is 11.4. The number of guanidine groups is 1. The number of nitrogens with one attached hydrogen (secondary N) is 2. The molecule has 3 aromatic rings. The second-order valence-electron chi connectivity index (χ2n) is 7.22. The molecule has 2 N–H and O–H groups in total. The summed E-state index contributed by atoms with van der Waals surface area (Å²) in [5.74, 6) is 0.389. The number of hydrogen-bond acceptors (Lipinski definition) is 6. The van der Waals surface area contributed by atoms with E-state index < -0.39 is 0 Å². The molecule has 0 radical (unpaired) electrons.